The van der Waals surface area contributed by atoms with E-state index in [4.69, 9.17) is 11.3 Å². The zero-order valence-corrected chi connectivity index (χ0v) is 32.9. The predicted octanol–water partition coefficient (Wildman–Crippen LogP) is 15.4. The minimum absolute atomic E-state index is 0.100. The van der Waals surface area contributed by atoms with Gasteiger partial charge in [-0.25, -0.2) is 0 Å². The number of para-hydroxylation sites is 2. The second-order valence-electron chi connectivity index (χ2n) is 16.5. The van der Waals surface area contributed by atoms with E-state index < -0.39 is 6.04 Å². The van der Waals surface area contributed by atoms with Crippen molar-refractivity contribution in [3.8, 4) is 44.8 Å². The summed E-state index contributed by atoms with van der Waals surface area (Å²) in [6.45, 7) is 4.67. The second-order valence-corrected chi connectivity index (χ2v) is 16.5. The molecule has 0 saturated heterocycles. The molecular weight excluding hydrogens is 729 g/mol. The van der Waals surface area contributed by atoms with E-state index in [1.807, 2.05) is 18.2 Å². The summed E-state index contributed by atoms with van der Waals surface area (Å²) in [6, 6.07) is 56.4. The Kier molecular flexibility index (Phi) is 5.84. The van der Waals surface area contributed by atoms with Gasteiger partial charge in [0.05, 0.1) is 28.9 Å². The predicted molar refractivity (Wildman–Crippen MR) is 251 cm³/mol. The van der Waals surface area contributed by atoms with Gasteiger partial charge in [0.2, 0.25) is 0 Å². The van der Waals surface area contributed by atoms with E-state index in [1.165, 1.54) is 38.5 Å². The third kappa shape index (κ3) is 4.60. The summed E-state index contributed by atoms with van der Waals surface area (Å²) < 4.78 is 53.6. The monoisotopic (exact) mass is 771 g/mol. The molecule has 3 aromatic heterocycles. The first kappa shape index (κ1) is 28.7. The Labute approximate surface area is 354 Å². The highest BCUT2D eigenvalue weighted by molar-refractivity contribution is 6.15. The van der Waals surface area contributed by atoms with Gasteiger partial charge < -0.3 is 13.6 Å². The van der Waals surface area contributed by atoms with Gasteiger partial charge in [-0.1, -0.05) is 135 Å². The summed E-state index contributed by atoms with van der Waals surface area (Å²) in [5, 5.41) is 6.16. The Balaban J connectivity index is 0.954. The van der Waals surface area contributed by atoms with Crippen LogP contribution in [0.25, 0.3) is 110 Å². The Hall–Kier alpha value is -7.62. The highest BCUT2D eigenvalue weighted by Crippen LogP contribution is 2.50. The van der Waals surface area contributed by atoms with Crippen molar-refractivity contribution >= 4 is 65.6 Å². The molecule has 0 fully saturated rings. The van der Waals surface area contributed by atoms with Crippen LogP contribution < -0.4 is 0 Å². The van der Waals surface area contributed by atoms with Crippen molar-refractivity contribution in [2.45, 2.75) is 19.3 Å². The molecule has 1 aliphatic rings. The molecule has 282 valence electrons. The smallest absolute Gasteiger partial charge is 0.136 e. The number of furan rings is 1. The summed E-state index contributed by atoms with van der Waals surface area (Å²) in [7, 11) is 0. The summed E-state index contributed by atoms with van der Waals surface area (Å²) in [5.41, 5.74) is 15.9. The molecule has 0 N–H and O–H groups in total. The van der Waals surface area contributed by atoms with Gasteiger partial charge in [-0.2, -0.15) is 0 Å². The summed E-state index contributed by atoms with van der Waals surface area (Å²) >= 11 is 0. The number of fused-ring (bicyclic) bond motifs is 12. The van der Waals surface area contributed by atoms with Gasteiger partial charge in [-0.05, 0) is 117 Å². The Morgan fingerprint density at radius 3 is 1.72 bits per heavy atom. The quantitative estimate of drug-likeness (QED) is 0.175. The van der Waals surface area contributed by atoms with E-state index in [2.05, 4.69) is 163 Å². The number of hydrogen-bond donors (Lipinski definition) is 0. The molecule has 0 atom stereocenters. The third-order valence-corrected chi connectivity index (χ3v) is 13.0. The fourth-order valence-electron chi connectivity index (χ4n) is 10.2. The van der Waals surface area contributed by atoms with Crippen molar-refractivity contribution < 1.29 is 11.3 Å². The van der Waals surface area contributed by atoms with Gasteiger partial charge in [-0.3, -0.25) is 0 Å². The molecule has 0 aliphatic heterocycles. The number of rotatable bonds is 4. The molecule has 3 heterocycles. The third-order valence-electron chi connectivity index (χ3n) is 13.0. The van der Waals surface area contributed by atoms with E-state index in [-0.39, 0.29) is 35.1 Å². The van der Waals surface area contributed by atoms with Crippen molar-refractivity contribution in [2.75, 3.05) is 0 Å². The maximum Gasteiger partial charge on any atom is 0.136 e. The van der Waals surface area contributed by atoms with Gasteiger partial charge in [0.15, 0.2) is 0 Å². The maximum atomic E-state index is 8.78. The molecule has 3 heteroatoms. The number of aromatic nitrogens is 2. The van der Waals surface area contributed by atoms with E-state index in [0.29, 0.717) is 22.1 Å². The summed E-state index contributed by atoms with van der Waals surface area (Å²) in [4.78, 5) is 0. The van der Waals surface area contributed by atoms with Crippen LogP contribution in [0.3, 0.4) is 0 Å². The van der Waals surface area contributed by atoms with Crippen LogP contribution in [-0.4, -0.2) is 9.13 Å². The molecule has 0 amide bonds. The molecular formula is C57H38N2O. The molecule has 13 rings (SSSR count). The van der Waals surface area contributed by atoms with Crippen molar-refractivity contribution in [1.29, 1.82) is 0 Å². The van der Waals surface area contributed by atoms with Crippen LogP contribution in [0.4, 0.5) is 0 Å². The lowest BCUT2D eigenvalue weighted by molar-refractivity contribution is 0.660. The topological polar surface area (TPSA) is 23.0 Å². The lowest BCUT2D eigenvalue weighted by Crippen LogP contribution is -2.15. The number of hydrogen-bond acceptors (Lipinski definition) is 1. The lowest BCUT2D eigenvalue weighted by atomic mass is 9.82. The fraction of sp³-hybridized carbons (Fsp3) is 0.0526. The first-order chi connectivity index (χ1) is 31.6. The van der Waals surface area contributed by atoms with Crippen LogP contribution in [0.5, 0.6) is 0 Å². The highest BCUT2D eigenvalue weighted by Gasteiger charge is 2.35. The average molecular weight is 772 g/mol. The molecule has 1 aliphatic carbocycles. The lowest BCUT2D eigenvalue weighted by Gasteiger charge is -2.22. The van der Waals surface area contributed by atoms with Crippen LogP contribution in [0.2, 0.25) is 0 Å². The van der Waals surface area contributed by atoms with Crippen LogP contribution >= 0.6 is 0 Å². The molecule has 60 heavy (non-hydrogen) atoms. The second kappa shape index (κ2) is 12.2. The normalized spacial score (nSPS) is 14.5. The minimum Gasteiger partial charge on any atom is -0.456 e. The van der Waals surface area contributed by atoms with Crippen molar-refractivity contribution in [1.82, 2.24) is 9.13 Å². The molecule has 9 aromatic carbocycles. The molecule has 0 saturated carbocycles. The maximum absolute atomic E-state index is 8.78. The molecule has 0 radical (unpaired) electrons. The Bertz CT molecular complexity index is 4030. The van der Waals surface area contributed by atoms with E-state index in [9.17, 15) is 0 Å². The Morgan fingerprint density at radius 1 is 0.417 bits per heavy atom. The van der Waals surface area contributed by atoms with Crippen LogP contribution in [0, 0.1) is 0 Å². The van der Waals surface area contributed by atoms with Crippen LogP contribution in [0.1, 0.15) is 31.8 Å². The van der Waals surface area contributed by atoms with Gasteiger partial charge in [-0.15, -0.1) is 0 Å². The fourth-order valence-corrected chi connectivity index (χ4v) is 10.2. The van der Waals surface area contributed by atoms with Crippen molar-refractivity contribution in [2.24, 2.45) is 0 Å². The van der Waals surface area contributed by atoms with Gasteiger partial charge in [0, 0.05) is 49.1 Å². The zero-order chi connectivity index (χ0) is 44.0. The largest absolute Gasteiger partial charge is 0.456 e. The van der Waals surface area contributed by atoms with Crippen LogP contribution in [0.15, 0.2) is 198 Å². The summed E-state index contributed by atoms with van der Waals surface area (Å²) in [6.07, 6.45) is 0. The zero-order valence-electron chi connectivity index (χ0n) is 37.9. The van der Waals surface area contributed by atoms with E-state index >= 15 is 0 Å². The standard InChI is InChI=1S/C57H38N2O/c1-57(2)48-19-9-6-15-41(48)42-27-25-39(34-49(42)57)59-51-21-11-8-17-44(51)46-32-37(24-29-53(46)59)36-23-28-52-45(31-36)43-16-7-10-20-50(43)58(52)38-26-30-54-47(33-38)56-40(18-12-22-55(56)60-54)35-13-4-3-5-14-35/h3-34H,1-2H3/i3D,4D,5D,13D,14D. The molecule has 3 nitrogen and oxygen atoms in total. The van der Waals surface area contributed by atoms with Crippen molar-refractivity contribution in [3.63, 3.8) is 0 Å². The van der Waals surface area contributed by atoms with Gasteiger partial charge in [0.1, 0.15) is 11.2 Å². The molecule has 0 spiro atoms. The van der Waals surface area contributed by atoms with E-state index in [0.717, 1.165) is 55.2 Å². The van der Waals surface area contributed by atoms with Gasteiger partial charge in [0.25, 0.3) is 0 Å². The molecule has 12 aromatic rings. The van der Waals surface area contributed by atoms with Crippen LogP contribution in [-0.2, 0) is 5.41 Å². The number of benzene rings is 9. The highest BCUT2D eigenvalue weighted by atomic mass is 16.3. The Morgan fingerprint density at radius 2 is 1.00 bits per heavy atom. The number of nitrogens with zero attached hydrogens (tertiary/aromatic N) is 2. The first-order valence-corrected chi connectivity index (χ1v) is 20.4. The minimum atomic E-state index is -0.417. The molecule has 0 bridgehead atoms. The first-order valence-electron chi connectivity index (χ1n) is 22.9. The van der Waals surface area contributed by atoms with E-state index in [1.54, 1.807) is 6.07 Å². The SMILES string of the molecule is [2H]c1c([2H])c([2H])c(-c2cccc3oc4ccc(-n5c6ccccc6c6cc(-c7ccc8c(c7)c7ccccc7n8-c7ccc8c(c7)C(C)(C)c7ccccc7-8)ccc65)cc4c23)c([2H])c1[2H]. The van der Waals surface area contributed by atoms with Gasteiger partial charge >= 0.3 is 0 Å². The average Bonchev–Trinajstić information content (AvgIpc) is 4.05. The molecule has 0 unspecified atom stereocenters. The summed E-state index contributed by atoms with van der Waals surface area (Å²) in [5.74, 6) is 0. The van der Waals surface area contributed by atoms with Crippen molar-refractivity contribution in [3.05, 3.63) is 205 Å².